The monoisotopic (exact) mass is 293 g/mol. The molecule has 0 radical (unpaired) electrons. The van der Waals surface area contributed by atoms with Crippen LogP contribution in [0, 0.1) is 0 Å². The molecule has 0 spiro atoms. The number of aromatic amines is 2. The molecular weight excluding hydrogens is 282 g/mol. The van der Waals surface area contributed by atoms with E-state index < -0.39 is 0 Å². The molecule has 5 heteroatoms. The van der Waals surface area contributed by atoms with E-state index in [-0.39, 0.29) is 5.56 Å². The number of fused-ring (bicyclic) bond motifs is 1. The van der Waals surface area contributed by atoms with Gasteiger partial charge in [0.2, 0.25) is 0 Å². The molecular formula is C16H11N3OS. The van der Waals surface area contributed by atoms with Gasteiger partial charge in [-0.3, -0.25) is 15.0 Å². The minimum Gasteiger partial charge on any atom is -0.296 e. The molecule has 2 N–H and O–H groups in total. The molecule has 0 unspecified atom stereocenters. The summed E-state index contributed by atoms with van der Waals surface area (Å²) in [4.78, 5) is 17.6. The van der Waals surface area contributed by atoms with E-state index in [0.717, 1.165) is 26.8 Å². The van der Waals surface area contributed by atoms with Crippen molar-refractivity contribution in [3.05, 3.63) is 74.0 Å². The van der Waals surface area contributed by atoms with E-state index in [4.69, 9.17) is 0 Å². The number of rotatable bonds is 2. The molecule has 1 aliphatic rings. The SMILES string of the molecule is O=c1[nH][nH]c(-c2cccs2)c1C=C1C=c2ccccc2=N1. The van der Waals surface area contributed by atoms with Crippen LogP contribution in [0.2, 0.25) is 0 Å². The van der Waals surface area contributed by atoms with Crippen LogP contribution < -0.4 is 16.1 Å². The Kier molecular flexibility index (Phi) is 2.72. The molecule has 0 bridgehead atoms. The Morgan fingerprint density at radius 1 is 1.10 bits per heavy atom. The number of allylic oxidation sites excluding steroid dienone is 1. The smallest absolute Gasteiger partial charge is 0.271 e. The average molecular weight is 293 g/mol. The molecule has 3 heterocycles. The lowest BCUT2D eigenvalue weighted by Gasteiger charge is -1.94. The van der Waals surface area contributed by atoms with Gasteiger partial charge in [-0.05, 0) is 29.7 Å². The molecule has 2 aromatic heterocycles. The first-order chi connectivity index (χ1) is 10.3. The number of H-pyrrole nitrogens is 2. The summed E-state index contributed by atoms with van der Waals surface area (Å²) in [7, 11) is 0. The zero-order chi connectivity index (χ0) is 14.2. The van der Waals surface area contributed by atoms with E-state index in [1.165, 1.54) is 0 Å². The van der Waals surface area contributed by atoms with Crippen molar-refractivity contribution in [2.24, 2.45) is 4.99 Å². The fraction of sp³-hybridized carbons (Fsp3) is 0. The standard InChI is InChI=1S/C16H11N3OS/c20-16-12(15(18-19-16)14-6-3-7-21-14)9-11-8-10-4-1-2-5-13(10)17-11/h1-9H,(H2,18,19,20). The summed E-state index contributed by atoms with van der Waals surface area (Å²) in [5.74, 6) is 0. The van der Waals surface area contributed by atoms with Crippen molar-refractivity contribution in [3.8, 4) is 10.6 Å². The van der Waals surface area contributed by atoms with Gasteiger partial charge in [-0.25, -0.2) is 4.99 Å². The van der Waals surface area contributed by atoms with E-state index in [0.29, 0.717) is 5.56 Å². The first kappa shape index (κ1) is 12.1. The highest BCUT2D eigenvalue weighted by atomic mass is 32.1. The zero-order valence-electron chi connectivity index (χ0n) is 11.0. The summed E-state index contributed by atoms with van der Waals surface area (Å²) in [6.07, 6.45) is 3.81. The van der Waals surface area contributed by atoms with Crippen molar-refractivity contribution in [2.75, 3.05) is 0 Å². The van der Waals surface area contributed by atoms with Gasteiger partial charge in [0.05, 0.1) is 27.2 Å². The molecule has 0 saturated heterocycles. The number of nitrogens with zero attached hydrogens (tertiary/aromatic N) is 1. The van der Waals surface area contributed by atoms with Crippen LogP contribution in [0.3, 0.4) is 0 Å². The second-order valence-corrected chi connectivity index (χ2v) is 5.68. The number of benzene rings is 1. The normalized spacial score (nSPS) is 14.8. The molecule has 0 amide bonds. The maximum atomic E-state index is 12.0. The first-order valence-electron chi connectivity index (χ1n) is 6.53. The van der Waals surface area contributed by atoms with Crippen molar-refractivity contribution in [1.29, 1.82) is 0 Å². The summed E-state index contributed by atoms with van der Waals surface area (Å²) in [6.45, 7) is 0. The fourth-order valence-electron chi connectivity index (χ4n) is 2.38. The first-order valence-corrected chi connectivity index (χ1v) is 7.41. The number of para-hydroxylation sites is 1. The number of nitrogens with one attached hydrogen (secondary N) is 2. The number of thiophene rings is 1. The molecule has 0 aliphatic carbocycles. The lowest BCUT2D eigenvalue weighted by Crippen LogP contribution is -2.19. The van der Waals surface area contributed by atoms with Gasteiger partial charge in [0.15, 0.2) is 0 Å². The third-order valence-corrected chi connectivity index (χ3v) is 4.25. The highest BCUT2D eigenvalue weighted by molar-refractivity contribution is 7.13. The van der Waals surface area contributed by atoms with E-state index in [9.17, 15) is 4.79 Å². The summed E-state index contributed by atoms with van der Waals surface area (Å²) in [6, 6.07) is 11.9. The van der Waals surface area contributed by atoms with E-state index in [1.54, 1.807) is 11.3 Å². The minimum atomic E-state index is -0.134. The molecule has 102 valence electrons. The Morgan fingerprint density at radius 2 is 2.00 bits per heavy atom. The van der Waals surface area contributed by atoms with Crippen molar-refractivity contribution in [3.63, 3.8) is 0 Å². The van der Waals surface area contributed by atoms with Crippen LogP contribution in [0.25, 0.3) is 22.7 Å². The number of hydrogen-bond acceptors (Lipinski definition) is 3. The van der Waals surface area contributed by atoms with Gasteiger partial charge < -0.3 is 0 Å². The van der Waals surface area contributed by atoms with Gasteiger partial charge in [0, 0.05) is 5.22 Å². The van der Waals surface area contributed by atoms with E-state index in [1.807, 2.05) is 53.9 Å². The van der Waals surface area contributed by atoms with Crippen molar-refractivity contribution >= 4 is 23.5 Å². The Labute approximate surface area is 123 Å². The van der Waals surface area contributed by atoms with Gasteiger partial charge in [-0.2, -0.15) is 0 Å². The third-order valence-electron chi connectivity index (χ3n) is 3.36. The Bertz CT molecular complexity index is 969. The second kappa shape index (κ2) is 4.71. The Balaban J connectivity index is 1.87. The molecule has 21 heavy (non-hydrogen) atoms. The summed E-state index contributed by atoms with van der Waals surface area (Å²) in [5, 5.41) is 9.59. The fourth-order valence-corrected chi connectivity index (χ4v) is 3.12. The van der Waals surface area contributed by atoms with Gasteiger partial charge in [0.1, 0.15) is 0 Å². The van der Waals surface area contributed by atoms with E-state index in [2.05, 4.69) is 15.2 Å². The average Bonchev–Trinajstić information content (AvgIpc) is 3.19. The van der Waals surface area contributed by atoms with Crippen LogP contribution in [-0.2, 0) is 0 Å². The predicted molar refractivity (Wildman–Crippen MR) is 84.4 cm³/mol. The molecule has 0 fully saturated rings. The van der Waals surface area contributed by atoms with Gasteiger partial charge in [0.25, 0.3) is 5.56 Å². The summed E-state index contributed by atoms with van der Waals surface area (Å²) >= 11 is 1.59. The molecule has 0 saturated carbocycles. The topological polar surface area (TPSA) is 61.0 Å². The number of aromatic nitrogens is 2. The molecule has 1 aromatic carbocycles. The van der Waals surface area contributed by atoms with Crippen LogP contribution >= 0.6 is 11.3 Å². The minimum absolute atomic E-state index is 0.134. The van der Waals surface area contributed by atoms with Crippen LogP contribution in [0.15, 0.2) is 57.3 Å². The summed E-state index contributed by atoms with van der Waals surface area (Å²) < 4.78 is 0. The molecule has 1 aliphatic heterocycles. The highest BCUT2D eigenvalue weighted by Gasteiger charge is 2.12. The lowest BCUT2D eigenvalue weighted by molar-refractivity contribution is 1.06. The second-order valence-electron chi connectivity index (χ2n) is 4.73. The van der Waals surface area contributed by atoms with Gasteiger partial charge in [-0.1, -0.05) is 24.3 Å². The van der Waals surface area contributed by atoms with Crippen LogP contribution in [0.4, 0.5) is 0 Å². The molecule has 0 atom stereocenters. The van der Waals surface area contributed by atoms with Crippen molar-refractivity contribution < 1.29 is 0 Å². The molecule has 4 nitrogen and oxygen atoms in total. The van der Waals surface area contributed by atoms with Crippen molar-refractivity contribution in [1.82, 2.24) is 10.2 Å². The quantitative estimate of drug-likeness (QED) is 0.744. The third kappa shape index (κ3) is 2.08. The Morgan fingerprint density at radius 3 is 2.81 bits per heavy atom. The van der Waals surface area contributed by atoms with Crippen LogP contribution in [0.5, 0.6) is 0 Å². The van der Waals surface area contributed by atoms with Crippen LogP contribution in [0.1, 0.15) is 5.56 Å². The van der Waals surface area contributed by atoms with Crippen molar-refractivity contribution in [2.45, 2.75) is 0 Å². The largest absolute Gasteiger partial charge is 0.296 e. The predicted octanol–water partition coefficient (Wildman–Crippen LogP) is 1.89. The molecule has 4 rings (SSSR count). The summed E-state index contributed by atoms with van der Waals surface area (Å²) in [5.41, 5.74) is 2.08. The maximum Gasteiger partial charge on any atom is 0.271 e. The highest BCUT2D eigenvalue weighted by Crippen LogP contribution is 2.25. The van der Waals surface area contributed by atoms with Crippen LogP contribution in [-0.4, -0.2) is 10.2 Å². The van der Waals surface area contributed by atoms with Gasteiger partial charge in [-0.15, -0.1) is 11.3 Å². The molecule has 3 aromatic rings. The number of hydrogen-bond donors (Lipinski definition) is 2. The maximum absolute atomic E-state index is 12.0. The van der Waals surface area contributed by atoms with E-state index >= 15 is 0 Å². The van der Waals surface area contributed by atoms with Gasteiger partial charge >= 0.3 is 0 Å². The lowest BCUT2D eigenvalue weighted by atomic mass is 10.2. The zero-order valence-corrected chi connectivity index (χ0v) is 11.8. The Hall–Kier alpha value is -2.66.